The molecule has 0 aliphatic carbocycles. The molecule has 1 atom stereocenters. The quantitative estimate of drug-likeness (QED) is 0.819. The van der Waals surface area contributed by atoms with Crippen LogP contribution in [0, 0.1) is 12.8 Å². The Kier molecular flexibility index (Phi) is 6.33. The molecular formula is C21H28F3N3O. The van der Waals surface area contributed by atoms with E-state index >= 15 is 0 Å². The standard InChI is InChI=1S/C21H28F3N3O/c1-14-3-4-17-5-6-18(20(28)26-13-21(22,23)24)15(2)19(17)12-27(14)11-16-7-9-25-10-8-16/h4-6,12,14,16,25H,3,7-11,13H2,1-2H3,(H,26,28). The number of carbonyl (C=O) groups excluding carboxylic acids is 1. The van der Waals surface area contributed by atoms with Crippen molar-refractivity contribution >= 4 is 18.2 Å². The minimum atomic E-state index is -4.42. The average molecular weight is 395 g/mol. The number of amides is 1. The number of nitrogens with one attached hydrogen (secondary N) is 2. The van der Waals surface area contributed by atoms with Gasteiger partial charge in [-0.05, 0) is 69.0 Å². The first-order valence-electron chi connectivity index (χ1n) is 9.87. The van der Waals surface area contributed by atoms with Crippen molar-refractivity contribution < 1.29 is 18.0 Å². The zero-order valence-electron chi connectivity index (χ0n) is 16.4. The normalized spacial score (nSPS) is 20.6. The molecule has 1 aromatic carbocycles. The number of piperidine rings is 1. The lowest BCUT2D eigenvalue weighted by Gasteiger charge is -2.32. The number of benzene rings is 1. The van der Waals surface area contributed by atoms with Gasteiger partial charge in [-0.25, -0.2) is 0 Å². The van der Waals surface area contributed by atoms with Crippen molar-refractivity contribution in [3.8, 4) is 0 Å². The summed E-state index contributed by atoms with van der Waals surface area (Å²) in [6.07, 6.45) is 3.02. The zero-order valence-corrected chi connectivity index (χ0v) is 16.4. The highest BCUT2D eigenvalue weighted by Crippen LogP contribution is 2.18. The van der Waals surface area contributed by atoms with E-state index in [1.807, 2.05) is 18.3 Å². The van der Waals surface area contributed by atoms with Crippen molar-refractivity contribution in [1.82, 2.24) is 15.5 Å². The molecule has 0 radical (unpaired) electrons. The first kappa shape index (κ1) is 20.7. The molecule has 1 fully saturated rings. The molecule has 2 N–H and O–H groups in total. The van der Waals surface area contributed by atoms with Gasteiger partial charge in [0, 0.05) is 29.6 Å². The number of halogens is 3. The van der Waals surface area contributed by atoms with Crippen LogP contribution in [0.5, 0.6) is 0 Å². The second-order valence-electron chi connectivity index (χ2n) is 7.85. The van der Waals surface area contributed by atoms with Crippen molar-refractivity contribution in [3.05, 3.63) is 33.7 Å². The highest BCUT2D eigenvalue weighted by Gasteiger charge is 2.28. The van der Waals surface area contributed by atoms with E-state index in [4.69, 9.17) is 0 Å². The van der Waals surface area contributed by atoms with E-state index in [-0.39, 0.29) is 0 Å². The van der Waals surface area contributed by atoms with E-state index in [9.17, 15) is 18.0 Å². The van der Waals surface area contributed by atoms with Crippen LogP contribution in [-0.2, 0) is 0 Å². The van der Waals surface area contributed by atoms with Gasteiger partial charge < -0.3 is 15.5 Å². The molecule has 2 heterocycles. The second-order valence-corrected chi connectivity index (χ2v) is 7.85. The van der Waals surface area contributed by atoms with Gasteiger partial charge in [0.2, 0.25) is 0 Å². The number of rotatable bonds is 4. The molecular weight excluding hydrogens is 367 g/mol. The highest BCUT2D eigenvalue weighted by atomic mass is 19.4. The lowest BCUT2D eigenvalue weighted by Crippen LogP contribution is -2.39. The number of carbonyl (C=O) groups is 1. The molecule has 28 heavy (non-hydrogen) atoms. The first-order valence-corrected chi connectivity index (χ1v) is 9.87. The van der Waals surface area contributed by atoms with Crippen molar-refractivity contribution in [2.75, 3.05) is 26.2 Å². The molecule has 7 heteroatoms. The maximum absolute atomic E-state index is 12.4. The van der Waals surface area contributed by atoms with E-state index in [0.717, 1.165) is 54.9 Å². The Morgan fingerprint density at radius 2 is 2.00 bits per heavy atom. The predicted octanol–water partition coefficient (Wildman–Crippen LogP) is 1.90. The Bertz CT molecular complexity index is 829. The third-order valence-electron chi connectivity index (χ3n) is 5.71. The Hall–Kier alpha value is -2.02. The molecule has 1 amide bonds. The van der Waals surface area contributed by atoms with Gasteiger partial charge in [0.1, 0.15) is 6.54 Å². The van der Waals surface area contributed by atoms with Crippen LogP contribution in [0.25, 0.3) is 12.3 Å². The molecule has 0 saturated carbocycles. The SMILES string of the molecule is Cc1c(C(=O)NCC(F)(F)F)ccc2c1=CN(CC1CCNCC1)C(C)CC=2. The molecule has 2 aliphatic rings. The molecule has 1 saturated heterocycles. The fourth-order valence-corrected chi connectivity index (χ4v) is 3.94. The molecule has 0 bridgehead atoms. The summed E-state index contributed by atoms with van der Waals surface area (Å²) in [5.74, 6) is -0.0618. The van der Waals surface area contributed by atoms with E-state index < -0.39 is 18.6 Å². The number of hydrogen-bond acceptors (Lipinski definition) is 3. The number of hydrogen-bond donors (Lipinski definition) is 2. The van der Waals surface area contributed by atoms with Crippen molar-refractivity contribution in [2.45, 2.75) is 45.3 Å². The summed E-state index contributed by atoms with van der Waals surface area (Å²) in [6, 6.07) is 3.79. The monoisotopic (exact) mass is 395 g/mol. The summed E-state index contributed by atoms with van der Waals surface area (Å²) < 4.78 is 37.3. The van der Waals surface area contributed by atoms with Crippen molar-refractivity contribution in [1.29, 1.82) is 0 Å². The van der Waals surface area contributed by atoms with Crippen molar-refractivity contribution in [2.24, 2.45) is 5.92 Å². The van der Waals surface area contributed by atoms with Crippen LogP contribution in [0.2, 0.25) is 0 Å². The van der Waals surface area contributed by atoms with Gasteiger partial charge in [-0.3, -0.25) is 4.79 Å². The molecule has 0 aromatic heterocycles. The average Bonchev–Trinajstić information content (AvgIpc) is 2.80. The van der Waals surface area contributed by atoms with Crippen LogP contribution in [0.1, 0.15) is 42.1 Å². The molecule has 154 valence electrons. The van der Waals surface area contributed by atoms with Crippen molar-refractivity contribution in [3.63, 3.8) is 0 Å². The fraction of sp³-hybridized carbons (Fsp3) is 0.571. The van der Waals surface area contributed by atoms with E-state index in [1.54, 1.807) is 6.07 Å². The largest absolute Gasteiger partial charge is 0.405 e. The molecule has 0 spiro atoms. The maximum Gasteiger partial charge on any atom is 0.405 e. The second kappa shape index (κ2) is 8.55. The molecule has 1 aromatic rings. The summed E-state index contributed by atoms with van der Waals surface area (Å²) in [6.45, 7) is 5.71. The Morgan fingerprint density at radius 3 is 2.68 bits per heavy atom. The van der Waals surface area contributed by atoms with Crippen LogP contribution in [-0.4, -0.2) is 49.2 Å². The summed E-state index contributed by atoms with van der Waals surface area (Å²) in [5, 5.41) is 7.32. The zero-order chi connectivity index (χ0) is 20.3. The van der Waals surface area contributed by atoms with Gasteiger partial charge in [0.05, 0.1) is 0 Å². The topological polar surface area (TPSA) is 44.4 Å². The van der Waals surface area contributed by atoms with E-state index in [1.165, 1.54) is 0 Å². The summed E-state index contributed by atoms with van der Waals surface area (Å²) in [5.41, 5.74) is 1.02. The molecule has 3 rings (SSSR count). The molecule has 2 aliphatic heterocycles. The minimum Gasteiger partial charge on any atom is -0.374 e. The maximum atomic E-state index is 12.4. The van der Waals surface area contributed by atoms with Gasteiger partial charge in [-0.2, -0.15) is 13.2 Å². The fourth-order valence-electron chi connectivity index (χ4n) is 3.94. The summed E-state index contributed by atoms with van der Waals surface area (Å²) in [7, 11) is 0. The minimum absolute atomic E-state index is 0.295. The molecule has 4 nitrogen and oxygen atoms in total. The summed E-state index contributed by atoms with van der Waals surface area (Å²) >= 11 is 0. The van der Waals surface area contributed by atoms with Crippen LogP contribution in [0.15, 0.2) is 12.1 Å². The van der Waals surface area contributed by atoms with Gasteiger partial charge in [0.25, 0.3) is 5.91 Å². The van der Waals surface area contributed by atoms with Gasteiger partial charge >= 0.3 is 6.18 Å². The highest BCUT2D eigenvalue weighted by molar-refractivity contribution is 5.95. The number of nitrogens with zero attached hydrogens (tertiary/aromatic N) is 1. The van der Waals surface area contributed by atoms with Crippen LogP contribution in [0.4, 0.5) is 13.2 Å². The Balaban J connectivity index is 1.89. The first-order chi connectivity index (χ1) is 13.2. The van der Waals surface area contributed by atoms with E-state index in [2.05, 4.69) is 29.4 Å². The summed E-state index contributed by atoms with van der Waals surface area (Å²) in [4.78, 5) is 14.6. The Labute approximate surface area is 163 Å². The third kappa shape index (κ3) is 5.07. The van der Waals surface area contributed by atoms with Gasteiger partial charge in [-0.15, -0.1) is 0 Å². The lowest BCUT2D eigenvalue weighted by atomic mass is 9.97. The van der Waals surface area contributed by atoms with Crippen LogP contribution in [0.3, 0.4) is 0 Å². The van der Waals surface area contributed by atoms with Crippen LogP contribution < -0.4 is 21.1 Å². The predicted molar refractivity (Wildman–Crippen MR) is 104 cm³/mol. The third-order valence-corrected chi connectivity index (χ3v) is 5.71. The van der Waals surface area contributed by atoms with E-state index in [0.29, 0.717) is 17.5 Å². The van der Waals surface area contributed by atoms with Crippen LogP contribution >= 0.6 is 0 Å². The number of fused-ring (bicyclic) bond motifs is 1. The number of alkyl halides is 3. The lowest BCUT2D eigenvalue weighted by molar-refractivity contribution is -0.123. The molecule has 1 unspecified atom stereocenters. The smallest absolute Gasteiger partial charge is 0.374 e. The van der Waals surface area contributed by atoms with Gasteiger partial charge in [0.15, 0.2) is 0 Å². The van der Waals surface area contributed by atoms with Gasteiger partial charge in [-0.1, -0.05) is 12.1 Å². The Morgan fingerprint density at radius 1 is 1.29 bits per heavy atom.